The number of nitro benzene ring substituents is 1. The number of allylic oxidation sites excluding steroid dienone is 5. The van der Waals surface area contributed by atoms with Gasteiger partial charge in [-0.3, -0.25) is 10.1 Å². The lowest BCUT2D eigenvalue weighted by atomic mass is 10.0. The molecular formula is C42H35N3O2. The summed E-state index contributed by atoms with van der Waals surface area (Å²) < 4.78 is 0. The lowest BCUT2D eigenvalue weighted by Crippen LogP contribution is -2.14. The minimum Gasteiger partial charge on any atom is -0.344 e. The third-order valence-corrected chi connectivity index (χ3v) is 8.30. The summed E-state index contributed by atoms with van der Waals surface area (Å²) in [7, 11) is 1.90. The van der Waals surface area contributed by atoms with Crippen molar-refractivity contribution in [2.45, 2.75) is 6.92 Å². The van der Waals surface area contributed by atoms with Gasteiger partial charge in [0, 0.05) is 47.6 Å². The zero-order valence-corrected chi connectivity index (χ0v) is 26.5. The number of nitro groups is 1. The number of hydrogen-bond donors (Lipinski definition) is 0. The standard InChI is InChI=1S/C42H35N3O2/c1-4-32(35-22-25-38(26-23-35)43(3)39-17-11-19-42(30-39)45(46)47)21-20-31(2)44(41-27-24-34-14-8-9-15-36(34)29-41)40-18-10-16-37(28-40)33-12-6-5-7-13-33/h4-30H,1H2,2-3H3/b31-20+,32-21+. The van der Waals surface area contributed by atoms with Gasteiger partial charge < -0.3 is 9.80 Å². The predicted molar refractivity (Wildman–Crippen MR) is 197 cm³/mol. The zero-order valence-electron chi connectivity index (χ0n) is 26.5. The lowest BCUT2D eigenvalue weighted by Gasteiger charge is -2.27. The van der Waals surface area contributed by atoms with E-state index in [1.54, 1.807) is 12.1 Å². The molecule has 0 spiro atoms. The lowest BCUT2D eigenvalue weighted by molar-refractivity contribution is -0.384. The van der Waals surface area contributed by atoms with Gasteiger partial charge in [-0.1, -0.05) is 110 Å². The molecule has 0 fully saturated rings. The SMILES string of the molecule is C=C/C(=C\C=C(/C)N(c1cccc(-c2ccccc2)c1)c1ccc2ccccc2c1)c1ccc(N(C)c2cccc([N+](=O)[O-])c2)cc1. The first-order chi connectivity index (χ1) is 22.9. The Kier molecular flexibility index (Phi) is 9.07. The molecule has 0 saturated carbocycles. The monoisotopic (exact) mass is 613 g/mol. The highest BCUT2D eigenvalue weighted by molar-refractivity contribution is 5.88. The number of anilines is 4. The van der Waals surface area contributed by atoms with Gasteiger partial charge in [0.25, 0.3) is 5.69 Å². The third kappa shape index (κ3) is 6.90. The summed E-state index contributed by atoms with van der Waals surface area (Å²) in [6.45, 7) is 6.23. The van der Waals surface area contributed by atoms with E-state index in [0.29, 0.717) is 0 Å². The maximum atomic E-state index is 11.3. The van der Waals surface area contributed by atoms with Crippen LogP contribution in [0.1, 0.15) is 12.5 Å². The molecule has 6 aromatic carbocycles. The van der Waals surface area contributed by atoms with Crippen LogP contribution in [-0.4, -0.2) is 12.0 Å². The Morgan fingerprint density at radius 3 is 2.02 bits per heavy atom. The highest BCUT2D eigenvalue weighted by atomic mass is 16.6. The van der Waals surface area contributed by atoms with E-state index in [-0.39, 0.29) is 10.6 Å². The minimum absolute atomic E-state index is 0.0644. The van der Waals surface area contributed by atoms with E-state index in [1.165, 1.54) is 22.4 Å². The Hall–Kier alpha value is -6.20. The van der Waals surface area contributed by atoms with Crippen LogP contribution < -0.4 is 9.80 Å². The van der Waals surface area contributed by atoms with Crippen molar-refractivity contribution in [3.8, 4) is 11.1 Å². The average Bonchev–Trinajstić information content (AvgIpc) is 3.12. The predicted octanol–water partition coefficient (Wildman–Crippen LogP) is 11.5. The molecule has 0 aliphatic rings. The molecule has 5 nitrogen and oxygen atoms in total. The highest BCUT2D eigenvalue weighted by Crippen LogP contribution is 2.35. The minimum atomic E-state index is -0.377. The molecule has 0 radical (unpaired) electrons. The third-order valence-electron chi connectivity index (χ3n) is 8.30. The molecule has 0 aliphatic carbocycles. The van der Waals surface area contributed by atoms with Gasteiger partial charge in [-0.05, 0) is 88.5 Å². The van der Waals surface area contributed by atoms with Crippen LogP contribution >= 0.6 is 0 Å². The molecule has 0 heterocycles. The normalized spacial score (nSPS) is 11.7. The summed E-state index contributed by atoms with van der Waals surface area (Å²) in [4.78, 5) is 15.1. The van der Waals surface area contributed by atoms with Gasteiger partial charge in [0.05, 0.1) is 4.92 Å². The molecule has 6 rings (SSSR count). The fraction of sp³-hybridized carbons (Fsp3) is 0.0476. The molecule has 0 amide bonds. The molecule has 0 saturated heterocycles. The summed E-state index contributed by atoms with van der Waals surface area (Å²) in [6.07, 6.45) is 6.08. The molecule has 230 valence electrons. The largest absolute Gasteiger partial charge is 0.344 e. The summed E-state index contributed by atoms with van der Waals surface area (Å²) in [5, 5.41) is 13.6. The Labute approximate surface area is 275 Å². The van der Waals surface area contributed by atoms with Crippen LogP contribution in [0, 0.1) is 10.1 Å². The number of hydrogen-bond acceptors (Lipinski definition) is 4. The Morgan fingerprint density at radius 2 is 1.28 bits per heavy atom. The number of fused-ring (bicyclic) bond motifs is 1. The van der Waals surface area contributed by atoms with Gasteiger partial charge in [-0.15, -0.1) is 0 Å². The van der Waals surface area contributed by atoms with Crippen LogP contribution in [-0.2, 0) is 0 Å². The Morgan fingerprint density at radius 1 is 0.638 bits per heavy atom. The van der Waals surface area contributed by atoms with Crippen molar-refractivity contribution in [1.82, 2.24) is 0 Å². The van der Waals surface area contributed by atoms with E-state index in [4.69, 9.17) is 0 Å². The van der Waals surface area contributed by atoms with Gasteiger partial charge in [-0.2, -0.15) is 0 Å². The van der Waals surface area contributed by atoms with Crippen molar-refractivity contribution in [2.24, 2.45) is 0 Å². The maximum Gasteiger partial charge on any atom is 0.271 e. The zero-order chi connectivity index (χ0) is 32.8. The quantitative estimate of drug-likeness (QED) is 0.0876. The average molecular weight is 614 g/mol. The highest BCUT2D eigenvalue weighted by Gasteiger charge is 2.14. The molecule has 0 atom stereocenters. The van der Waals surface area contributed by atoms with Crippen molar-refractivity contribution >= 4 is 44.8 Å². The Bertz CT molecular complexity index is 2110. The van der Waals surface area contributed by atoms with Crippen LogP contribution in [0.15, 0.2) is 176 Å². The summed E-state index contributed by atoms with van der Waals surface area (Å²) >= 11 is 0. The Balaban J connectivity index is 1.34. The van der Waals surface area contributed by atoms with Crippen LogP contribution in [0.2, 0.25) is 0 Å². The number of benzene rings is 6. The van der Waals surface area contributed by atoms with Crippen LogP contribution in [0.5, 0.6) is 0 Å². The molecule has 0 bridgehead atoms. The smallest absolute Gasteiger partial charge is 0.271 e. The summed E-state index contributed by atoms with van der Waals surface area (Å²) in [6, 6.07) is 48.8. The molecule has 47 heavy (non-hydrogen) atoms. The molecule has 0 unspecified atom stereocenters. The van der Waals surface area contributed by atoms with Crippen LogP contribution in [0.3, 0.4) is 0 Å². The van der Waals surface area contributed by atoms with Gasteiger partial charge in [0.1, 0.15) is 0 Å². The summed E-state index contributed by atoms with van der Waals surface area (Å²) in [5.74, 6) is 0. The molecule has 0 aliphatic heterocycles. The van der Waals surface area contributed by atoms with Crippen molar-refractivity contribution in [2.75, 3.05) is 16.8 Å². The van der Waals surface area contributed by atoms with E-state index < -0.39 is 0 Å². The van der Waals surface area contributed by atoms with Crippen molar-refractivity contribution in [3.63, 3.8) is 0 Å². The van der Waals surface area contributed by atoms with Crippen molar-refractivity contribution < 1.29 is 4.92 Å². The van der Waals surface area contributed by atoms with E-state index in [2.05, 4.69) is 122 Å². The van der Waals surface area contributed by atoms with Crippen molar-refractivity contribution in [3.05, 3.63) is 192 Å². The second kappa shape index (κ2) is 13.8. The topological polar surface area (TPSA) is 49.6 Å². The van der Waals surface area contributed by atoms with Gasteiger partial charge in [0.15, 0.2) is 0 Å². The van der Waals surface area contributed by atoms with Gasteiger partial charge >= 0.3 is 0 Å². The summed E-state index contributed by atoms with van der Waals surface area (Å²) in [5.41, 5.74) is 9.24. The fourth-order valence-corrected chi connectivity index (χ4v) is 5.74. The number of rotatable bonds is 10. The van der Waals surface area contributed by atoms with Gasteiger partial charge in [-0.25, -0.2) is 0 Å². The molecule has 5 heteroatoms. The first-order valence-electron chi connectivity index (χ1n) is 15.5. The van der Waals surface area contributed by atoms with Crippen LogP contribution in [0.4, 0.5) is 28.4 Å². The molecule has 6 aromatic rings. The molecular weight excluding hydrogens is 578 g/mol. The van der Waals surface area contributed by atoms with E-state index in [9.17, 15) is 10.1 Å². The second-order valence-corrected chi connectivity index (χ2v) is 11.3. The first kappa shape index (κ1) is 30.8. The van der Waals surface area contributed by atoms with Crippen molar-refractivity contribution in [1.29, 1.82) is 0 Å². The van der Waals surface area contributed by atoms with Gasteiger partial charge in [0.2, 0.25) is 0 Å². The molecule has 0 N–H and O–H groups in total. The van der Waals surface area contributed by atoms with E-state index >= 15 is 0 Å². The number of nitrogens with zero attached hydrogens (tertiary/aromatic N) is 3. The first-order valence-corrected chi connectivity index (χ1v) is 15.5. The fourth-order valence-electron chi connectivity index (χ4n) is 5.74. The van der Waals surface area contributed by atoms with E-state index in [0.717, 1.165) is 45.1 Å². The van der Waals surface area contributed by atoms with E-state index in [1.807, 2.05) is 54.4 Å². The second-order valence-electron chi connectivity index (χ2n) is 11.3. The maximum absolute atomic E-state index is 11.3. The number of non-ortho nitro benzene ring substituents is 1. The molecule has 0 aromatic heterocycles. The van der Waals surface area contributed by atoms with Crippen LogP contribution in [0.25, 0.3) is 27.5 Å².